The highest BCUT2D eigenvalue weighted by molar-refractivity contribution is 8.03. The molecule has 4 nitrogen and oxygen atoms in total. The van der Waals surface area contributed by atoms with E-state index in [0.717, 1.165) is 24.3 Å². The molecule has 0 rings (SSSR count). The Kier molecular flexibility index (Phi) is 16.8. The first kappa shape index (κ1) is 26.2. The fourth-order valence-electron chi connectivity index (χ4n) is 2.33. The van der Waals surface area contributed by atoms with Gasteiger partial charge in [0.2, 0.25) is 5.91 Å². The van der Waals surface area contributed by atoms with Crippen LogP contribution in [0.25, 0.3) is 0 Å². The summed E-state index contributed by atoms with van der Waals surface area (Å²) >= 11 is 3.94. The summed E-state index contributed by atoms with van der Waals surface area (Å²) in [5.74, 6) is 8.28. The van der Waals surface area contributed by atoms with Crippen molar-refractivity contribution in [3.05, 3.63) is 0 Å². The van der Waals surface area contributed by atoms with Crippen molar-refractivity contribution < 1.29 is 14.3 Å². The lowest BCUT2D eigenvalue weighted by Gasteiger charge is -2.30. The molecule has 154 valence electrons. The van der Waals surface area contributed by atoms with Crippen molar-refractivity contribution >= 4 is 29.4 Å². The summed E-state index contributed by atoms with van der Waals surface area (Å²) in [6, 6.07) is 0. The molecule has 0 saturated carbocycles. The number of amides is 1. The molecule has 1 unspecified atom stereocenters. The first-order valence-electron chi connectivity index (χ1n) is 9.54. The Morgan fingerprint density at radius 3 is 2.22 bits per heavy atom. The molecule has 0 aromatic carbocycles. The third-order valence-electron chi connectivity index (χ3n) is 3.56. The van der Waals surface area contributed by atoms with E-state index in [1.807, 2.05) is 30.4 Å². The summed E-state index contributed by atoms with van der Waals surface area (Å²) in [6.45, 7) is 7.24. The largest absolute Gasteiger partial charge is 0.366 e. The SMILES string of the molecule is C#CCOCC(C)(COCC#C)NC(=O)CCC(CSCCC)SCCC. The number of carbonyl (C=O) groups is 1. The van der Waals surface area contributed by atoms with Gasteiger partial charge in [0.25, 0.3) is 0 Å². The molecule has 0 aromatic heterocycles. The van der Waals surface area contributed by atoms with Gasteiger partial charge in [-0.15, -0.1) is 12.8 Å². The number of nitrogens with one attached hydrogen (secondary N) is 1. The van der Waals surface area contributed by atoms with Crippen molar-refractivity contribution in [2.45, 2.75) is 57.2 Å². The smallest absolute Gasteiger partial charge is 0.220 e. The second-order valence-corrected chi connectivity index (χ2v) is 9.17. The first-order valence-corrected chi connectivity index (χ1v) is 11.7. The molecule has 0 bridgehead atoms. The molecule has 0 spiro atoms. The van der Waals surface area contributed by atoms with Crippen LogP contribution in [0.5, 0.6) is 0 Å². The van der Waals surface area contributed by atoms with E-state index >= 15 is 0 Å². The summed E-state index contributed by atoms with van der Waals surface area (Å²) in [5.41, 5.74) is -0.645. The lowest BCUT2D eigenvalue weighted by Crippen LogP contribution is -2.53. The van der Waals surface area contributed by atoms with Crippen LogP contribution in [-0.4, -0.2) is 60.4 Å². The normalized spacial score (nSPS) is 12.2. The second-order valence-electron chi connectivity index (χ2n) is 6.61. The number of hydrogen-bond donors (Lipinski definition) is 1. The first-order chi connectivity index (χ1) is 13.0. The fraction of sp³-hybridized carbons (Fsp3) is 0.762. The van der Waals surface area contributed by atoms with Crippen LogP contribution in [0.15, 0.2) is 0 Å². The van der Waals surface area contributed by atoms with Gasteiger partial charge in [0.05, 0.1) is 18.8 Å². The highest BCUT2D eigenvalue weighted by atomic mass is 32.2. The van der Waals surface area contributed by atoms with Gasteiger partial charge in [-0.25, -0.2) is 0 Å². The van der Waals surface area contributed by atoms with E-state index in [-0.39, 0.29) is 32.3 Å². The minimum atomic E-state index is -0.645. The van der Waals surface area contributed by atoms with Gasteiger partial charge in [-0.2, -0.15) is 23.5 Å². The predicted molar refractivity (Wildman–Crippen MR) is 119 cm³/mol. The number of rotatable bonds is 17. The van der Waals surface area contributed by atoms with Crippen LogP contribution >= 0.6 is 23.5 Å². The maximum absolute atomic E-state index is 12.5. The van der Waals surface area contributed by atoms with Gasteiger partial charge in [0.1, 0.15) is 13.2 Å². The van der Waals surface area contributed by atoms with Crippen molar-refractivity contribution in [2.75, 3.05) is 43.7 Å². The maximum atomic E-state index is 12.5. The molecule has 1 N–H and O–H groups in total. The van der Waals surface area contributed by atoms with E-state index in [1.54, 1.807) is 0 Å². The average molecular weight is 414 g/mol. The zero-order valence-electron chi connectivity index (χ0n) is 17.1. The van der Waals surface area contributed by atoms with Gasteiger partial charge in [0, 0.05) is 17.4 Å². The maximum Gasteiger partial charge on any atom is 0.220 e. The van der Waals surface area contributed by atoms with Crippen LogP contribution in [0, 0.1) is 24.7 Å². The molecule has 0 radical (unpaired) electrons. The summed E-state index contributed by atoms with van der Waals surface area (Å²) in [7, 11) is 0. The Morgan fingerprint density at radius 2 is 1.70 bits per heavy atom. The molecule has 0 aliphatic heterocycles. The Bertz CT molecular complexity index is 451. The molecule has 0 heterocycles. The highest BCUT2D eigenvalue weighted by Gasteiger charge is 2.27. The minimum absolute atomic E-state index is 0.00806. The Balaban J connectivity index is 4.55. The second kappa shape index (κ2) is 17.3. The quantitative estimate of drug-likeness (QED) is 0.292. The van der Waals surface area contributed by atoms with Gasteiger partial charge < -0.3 is 14.8 Å². The van der Waals surface area contributed by atoms with Gasteiger partial charge in [-0.3, -0.25) is 4.79 Å². The van der Waals surface area contributed by atoms with Crippen molar-refractivity contribution in [3.63, 3.8) is 0 Å². The Labute approximate surface area is 174 Å². The van der Waals surface area contributed by atoms with E-state index < -0.39 is 5.54 Å². The summed E-state index contributed by atoms with van der Waals surface area (Å²) in [5, 5.41) is 3.56. The van der Waals surface area contributed by atoms with Crippen LogP contribution < -0.4 is 5.32 Å². The van der Waals surface area contributed by atoms with Gasteiger partial charge >= 0.3 is 0 Å². The van der Waals surface area contributed by atoms with Crippen molar-refractivity contribution in [1.29, 1.82) is 0 Å². The molecule has 0 aliphatic rings. The van der Waals surface area contributed by atoms with Gasteiger partial charge in [-0.1, -0.05) is 25.7 Å². The molecular formula is C21H35NO3S2. The van der Waals surface area contributed by atoms with Crippen LogP contribution in [0.2, 0.25) is 0 Å². The molecule has 1 amide bonds. The van der Waals surface area contributed by atoms with Gasteiger partial charge in [0.15, 0.2) is 0 Å². The number of ether oxygens (including phenoxy) is 2. The molecular weight excluding hydrogens is 378 g/mol. The van der Waals surface area contributed by atoms with Crippen molar-refractivity contribution in [1.82, 2.24) is 5.32 Å². The van der Waals surface area contributed by atoms with E-state index in [4.69, 9.17) is 22.3 Å². The molecule has 6 heteroatoms. The number of terminal acetylenes is 2. The highest BCUT2D eigenvalue weighted by Crippen LogP contribution is 2.22. The predicted octanol–water partition coefficient (Wildman–Crippen LogP) is 3.60. The van der Waals surface area contributed by atoms with Crippen molar-refractivity contribution in [2.24, 2.45) is 0 Å². The number of hydrogen-bond acceptors (Lipinski definition) is 5. The van der Waals surface area contributed by atoms with Crippen LogP contribution in [-0.2, 0) is 14.3 Å². The van der Waals surface area contributed by atoms with Gasteiger partial charge in [-0.05, 0) is 37.7 Å². The lowest BCUT2D eigenvalue weighted by atomic mass is 10.0. The molecule has 0 aliphatic carbocycles. The Hall–Kier alpha value is -0.790. The molecule has 0 aromatic rings. The summed E-state index contributed by atoms with van der Waals surface area (Å²) in [4.78, 5) is 12.5. The molecule has 0 saturated heterocycles. The van der Waals surface area contributed by atoms with Crippen LogP contribution in [0.3, 0.4) is 0 Å². The van der Waals surface area contributed by atoms with Crippen LogP contribution in [0.1, 0.15) is 46.5 Å². The summed E-state index contributed by atoms with van der Waals surface area (Å²) < 4.78 is 10.9. The van der Waals surface area contributed by atoms with E-state index in [1.165, 1.54) is 12.2 Å². The third kappa shape index (κ3) is 14.9. The average Bonchev–Trinajstić information content (AvgIpc) is 2.64. The topological polar surface area (TPSA) is 47.6 Å². The zero-order valence-corrected chi connectivity index (χ0v) is 18.7. The lowest BCUT2D eigenvalue weighted by molar-refractivity contribution is -0.124. The van der Waals surface area contributed by atoms with E-state index in [0.29, 0.717) is 11.7 Å². The standard InChI is InChI=1S/C21H35NO3S2/c1-6-12-24-17-21(5,18-25-13-7-2)22-20(23)11-10-19(27-15-9-4)16-26-14-8-3/h1-2,19H,8-18H2,3-5H3,(H,22,23). The summed E-state index contributed by atoms with van der Waals surface area (Å²) in [6.07, 6.45) is 14.2. The third-order valence-corrected chi connectivity index (χ3v) is 6.62. The monoisotopic (exact) mass is 413 g/mol. The zero-order chi connectivity index (χ0) is 20.4. The number of thioether (sulfide) groups is 2. The number of carbonyl (C=O) groups excluding carboxylic acids is 1. The molecule has 27 heavy (non-hydrogen) atoms. The Morgan fingerprint density at radius 1 is 1.11 bits per heavy atom. The van der Waals surface area contributed by atoms with E-state index in [2.05, 4.69) is 31.0 Å². The van der Waals surface area contributed by atoms with E-state index in [9.17, 15) is 4.79 Å². The minimum Gasteiger partial charge on any atom is -0.366 e. The fourth-order valence-corrected chi connectivity index (χ4v) is 4.75. The van der Waals surface area contributed by atoms with Crippen LogP contribution in [0.4, 0.5) is 0 Å². The molecule has 0 fully saturated rings. The van der Waals surface area contributed by atoms with Crippen molar-refractivity contribution in [3.8, 4) is 24.7 Å². The molecule has 1 atom stereocenters.